The lowest BCUT2D eigenvalue weighted by Crippen LogP contribution is -2.27. The maximum Gasteiger partial charge on any atom is 0.339 e. The summed E-state index contributed by atoms with van der Waals surface area (Å²) in [7, 11) is 0. The summed E-state index contributed by atoms with van der Waals surface area (Å²) in [4.78, 5) is 22.7. The van der Waals surface area contributed by atoms with E-state index in [2.05, 4.69) is 10.6 Å². The smallest absolute Gasteiger partial charge is 0.339 e. The number of furan rings is 1. The highest BCUT2D eigenvalue weighted by Crippen LogP contribution is 2.25. The van der Waals surface area contributed by atoms with E-state index in [0.29, 0.717) is 36.2 Å². The van der Waals surface area contributed by atoms with Crippen LogP contribution in [0.1, 0.15) is 29.5 Å². The lowest BCUT2D eigenvalue weighted by molar-refractivity contribution is -0.120. The highest BCUT2D eigenvalue weighted by molar-refractivity contribution is 6.03. The van der Waals surface area contributed by atoms with E-state index in [1.54, 1.807) is 24.3 Å². The first-order valence-corrected chi connectivity index (χ1v) is 6.84. The zero-order valence-corrected chi connectivity index (χ0v) is 11.8. The van der Waals surface area contributed by atoms with E-state index >= 15 is 0 Å². The van der Waals surface area contributed by atoms with Gasteiger partial charge in [-0.25, -0.2) is 4.79 Å². The van der Waals surface area contributed by atoms with Crippen LogP contribution in [0.25, 0.3) is 11.0 Å². The molecule has 2 rings (SSSR count). The van der Waals surface area contributed by atoms with Crippen molar-refractivity contribution in [2.24, 2.45) is 0 Å². The molecule has 0 aliphatic heterocycles. The first kappa shape index (κ1) is 15.1. The van der Waals surface area contributed by atoms with Gasteiger partial charge in [-0.2, -0.15) is 0 Å². The normalized spacial score (nSPS) is 10.7. The fraction of sp³-hybridized carbons (Fsp3) is 0.333. The zero-order chi connectivity index (χ0) is 15.2. The molecule has 0 spiro atoms. The number of carbonyl (C=O) groups is 2. The number of amides is 1. The molecule has 0 aliphatic carbocycles. The van der Waals surface area contributed by atoms with E-state index in [0.717, 1.165) is 0 Å². The fourth-order valence-corrected chi connectivity index (χ4v) is 2.14. The van der Waals surface area contributed by atoms with Crippen molar-refractivity contribution in [1.82, 2.24) is 10.6 Å². The molecule has 2 aromatic rings. The molecule has 1 amide bonds. The average Bonchev–Trinajstić information content (AvgIpc) is 2.82. The monoisotopic (exact) mass is 290 g/mol. The van der Waals surface area contributed by atoms with Gasteiger partial charge in [-0.3, -0.25) is 4.79 Å². The Labute approximate surface area is 122 Å². The van der Waals surface area contributed by atoms with Gasteiger partial charge in [0.25, 0.3) is 0 Å². The van der Waals surface area contributed by atoms with Gasteiger partial charge in [-0.05, 0) is 13.0 Å². The van der Waals surface area contributed by atoms with Gasteiger partial charge in [0.15, 0.2) is 0 Å². The van der Waals surface area contributed by atoms with Crippen molar-refractivity contribution in [1.29, 1.82) is 0 Å². The Bertz CT molecular complexity index is 648. The molecule has 112 valence electrons. The van der Waals surface area contributed by atoms with Crippen LogP contribution in [0.15, 0.2) is 28.7 Å². The van der Waals surface area contributed by atoms with Crippen molar-refractivity contribution < 1.29 is 19.1 Å². The number of hydrogen-bond donors (Lipinski definition) is 3. The Hall–Kier alpha value is -2.34. The maximum absolute atomic E-state index is 11.4. The Morgan fingerprint density at radius 1 is 1.29 bits per heavy atom. The van der Waals surface area contributed by atoms with Crippen molar-refractivity contribution in [3.05, 3.63) is 35.6 Å². The summed E-state index contributed by atoms with van der Waals surface area (Å²) in [6.07, 6.45) is 0.344. The van der Waals surface area contributed by atoms with Crippen molar-refractivity contribution in [2.45, 2.75) is 19.9 Å². The molecule has 0 saturated carbocycles. The van der Waals surface area contributed by atoms with Crippen molar-refractivity contribution in [2.75, 3.05) is 13.1 Å². The zero-order valence-electron chi connectivity index (χ0n) is 11.8. The first-order chi connectivity index (χ1) is 10.1. The molecular weight excluding hydrogens is 272 g/mol. The summed E-state index contributed by atoms with van der Waals surface area (Å²) in [5.41, 5.74) is 0.728. The predicted octanol–water partition coefficient (Wildman–Crippen LogP) is 1.75. The molecule has 1 heterocycles. The lowest BCUT2D eigenvalue weighted by atomic mass is 10.1. The predicted molar refractivity (Wildman–Crippen MR) is 78.2 cm³/mol. The molecule has 3 N–H and O–H groups in total. The Morgan fingerprint density at radius 3 is 2.76 bits per heavy atom. The van der Waals surface area contributed by atoms with Crippen molar-refractivity contribution in [3.63, 3.8) is 0 Å². The SMILES string of the molecule is CCNC(=O)CCNCc1oc2ccccc2c1C(=O)O. The second kappa shape index (κ2) is 6.90. The van der Waals surface area contributed by atoms with E-state index < -0.39 is 5.97 Å². The number of carboxylic acids is 1. The van der Waals surface area contributed by atoms with Gasteiger partial charge in [0.05, 0.1) is 6.54 Å². The molecule has 0 bridgehead atoms. The lowest BCUT2D eigenvalue weighted by Gasteiger charge is -2.04. The molecule has 0 atom stereocenters. The quantitative estimate of drug-likeness (QED) is 0.676. The Kier molecular flexibility index (Phi) is 4.94. The molecular formula is C15H18N2O4. The number of carbonyl (C=O) groups excluding carboxylic acids is 1. The molecule has 6 nitrogen and oxygen atoms in total. The molecule has 6 heteroatoms. The van der Waals surface area contributed by atoms with Crippen LogP contribution in [0.4, 0.5) is 0 Å². The van der Waals surface area contributed by atoms with E-state index in [-0.39, 0.29) is 18.0 Å². The van der Waals surface area contributed by atoms with Gasteiger partial charge >= 0.3 is 5.97 Å². The van der Waals surface area contributed by atoms with Gasteiger partial charge in [-0.15, -0.1) is 0 Å². The third-order valence-corrected chi connectivity index (χ3v) is 3.07. The maximum atomic E-state index is 11.4. The minimum Gasteiger partial charge on any atom is -0.478 e. The van der Waals surface area contributed by atoms with Crippen LogP contribution in [0, 0.1) is 0 Å². The number of benzene rings is 1. The molecule has 0 radical (unpaired) electrons. The molecule has 1 aromatic carbocycles. The van der Waals surface area contributed by atoms with Gasteiger partial charge in [0.1, 0.15) is 16.9 Å². The van der Waals surface area contributed by atoms with Gasteiger partial charge in [0, 0.05) is 24.9 Å². The largest absolute Gasteiger partial charge is 0.478 e. The van der Waals surface area contributed by atoms with Crippen LogP contribution < -0.4 is 10.6 Å². The van der Waals surface area contributed by atoms with Crippen LogP contribution in [-0.2, 0) is 11.3 Å². The Balaban J connectivity index is 2.03. The van der Waals surface area contributed by atoms with Gasteiger partial charge in [-0.1, -0.05) is 18.2 Å². The number of rotatable bonds is 7. The molecule has 0 unspecified atom stereocenters. The van der Waals surface area contributed by atoms with Crippen LogP contribution in [0.5, 0.6) is 0 Å². The summed E-state index contributed by atoms with van der Waals surface area (Å²) in [6.45, 7) is 3.20. The number of carboxylic acid groups (broad SMARTS) is 1. The summed E-state index contributed by atoms with van der Waals surface area (Å²) < 4.78 is 5.57. The summed E-state index contributed by atoms with van der Waals surface area (Å²) in [6, 6.07) is 7.03. The summed E-state index contributed by atoms with van der Waals surface area (Å²) >= 11 is 0. The third-order valence-electron chi connectivity index (χ3n) is 3.07. The standard InChI is InChI=1S/C15H18N2O4/c1-2-17-13(18)7-8-16-9-12-14(15(19)20)10-5-3-4-6-11(10)21-12/h3-6,16H,2,7-9H2,1H3,(H,17,18)(H,19,20). The number of aromatic carboxylic acids is 1. The molecule has 0 saturated heterocycles. The van der Waals surface area contributed by atoms with Crippen molar-refractivity contribution in [3.8, 4) is 0 Å². The number of fused-ring (bicyclic) bond motifs is 1. The number of hydrogen-bond acceptors (Lipinski definition) is 4. The molecule has 1 aromatic heterocycles. The number of nitrogens with one attached hydrogen (secondary N) is 2. The highest BCUT2D eigenvalue weighted by Gasteiger charge is 2.19. The second-order valence-electron chi connectivity index (χ2n) is 4.58. The fourth-order valence-electron chi connectivity index (χ4n) is 2.14. The van der Waals surface area contributed by atoms with Gasteiger partial charge in [0.2, 0.25) is 5.91 Å². The molecule has 21 heavy (non-hydrogen) atoms. The highest BCUT2D eigenvalue weighted by atomic mass is 16.4. The third kappa shape index (κ3) is 3.61. The van der Waals surface area contributed by atoms with E-state index in [9.17, 15) is 14.7 Å². The minimum absolute atomic E-state index is 0.0342. The average molecular weight is 290 g/mol. The summed E-state index contributed by atoms with van der Waals surface area (Å²) in [5, 5.41) is 15.6. The topological polar surface area (TPSA) is 91.6 Å². The molecule has 0 fully saturated rings. The Morgan fingerprint density at radius 2 is 2.05 bits per heavy atom. The minimum atomic E-state index is -1.01. The van der Waals surface area contributed by atoms with Gasteiger partial charge < -0.3 is 20.2 Å². The van der Waals surface area contributed by atoms with Crippen LogP contribution >= 0.6 is 0 Å². The first-order valence-electron chi connectivity index (χ1n) is 6.84. The second-order valence-corrected chi connectivity index (χ2v) is 4.58. The van der Waals surface area contributed by atoms with Crippen LogP contribution in [0.2, 0.25) is 0 Å². The van der Waals surface area contributed by atoms with E-state index in [4.69, 9.17) is 4.42 Å². The van der Waals surface area contributed by atoms with E-state index in [1.165, 1.54) is 0 Å². The summed E-state index contributed by atoms with van der Waals surface area (Å²) in [5.74, 6) is -0.673. The van der Waals surface area contributed by atoms with Crippen molar-refractivity contribution >= 4 is 22.8 Å². The van der Waals surface area contributed by atoms with Crippen LogP contribution in [0.3, 0.4) is 0 Å². The van der Waals surface area contributed by atoms with E-state index in [1.807, 2.05) is 6.92 Å². The molecule has 0 aliphatic rings. The van der Waals surface area contributed by atoms with Crippen LogP contribution in [-0.4, -0.2) is 30.1 Å². The number of para-hydroxylation sites is 1.